The summed E-state index contributed by atoms with van der Waals surface area (Å²) < 4.78 is 11.0. The van der Waals surface area contributed by atoms with E-state index in [1.165, 1.54) is 16.3 Å². The van der Waals surface area contributed by atoms with Gasteiger partial charge in [-0.05, 0) is 95.1 Å². The zero-order chi connectivity index (χ0) is 35.0. The Balaban J connectivity index is 1.13. The van der Waals surface area contributed by atoms with Crippen molar-refractivity contribution in [1.29, 1.82) is 0 Å². The van der Waals surface area contributed by atoms with E-state index in [0.717, 1.165) is 61.0 Å². The molecule has 4 nitrogen and oxygen atoms in total. The van der Waals surface area contributed by atoms with Crippen molar-refractivity contribution in [2.75, 3.05) is 0 Å². The summed E-state index contributed by atoms with van der Waals surface area (Å²) in [5.41, 5.74) is 11.9. The third kappa shape index (κ3) is 4.52. The van der Waals surface area contributed by atoms with Crippen LogP contribution in [0.15, 0.2) is 191 Å². The van der Waals surface area contributed by atoms with Gasteiger partial charge in [0.25, 0.3) is 0 Å². The van der Waals surface area contributed by atoms with E-state index in [1.54, 1.807) is 0 Å². The van der Waals surface area contributed by atoms with Crippen molar-refractivity contribution in [2.24, 2.45) is 0 Å². The minimum absolute atomic E-state index is 0.0449. The Bertz CT molecular complexity index is 3300. The van der Waals surface area contributed by atoms with Crippen molar-refractivity contribution in [1.82, 2.24) is 9.13 Å². The summed E-state index contributed by atoms with van der Waals surface area (Å²) in [6.07, 6.45) is 0. The molecule has 0 aliphatic carbocycles. The highest BCUT2D eigenvalue weighted by Gasteiger charge is 2.19. The molecule has 8 aromatic carbocycles. The SMILES string of the molecule is O=c1c2cc(-c3cccc(-c4ccccc4)c3)ccc2oc2ccc(-n3c4ccccc4c4cc5c6ccccc6n(-c6ccccc6)c5cc43)cc12. The highest BCUT2D eigenvalue weighted by molar-refractivity contribution is 6.19. The highest BCUT2D eigenvalue weighted by Crippen LogP contribution is 2.40. The van der Waals surface area contributed by atoms with Crippen LogP contribution in [0.2, 0.25) is 0 Å². The van der Waals surface area contributed by atoms with Crippen molar-refractivity contribution < 1.29 is 4.42 Å². The first kappa shape index (κ1) is 29.5. The monoisotopic (exact) mass is 678 g/mol. The summed E-state index contributed by atoms with van der Waals surface area (Å²) in [4.78, 5) is 14.4. The predicted molar refractivity (Wildman–Crippen MR) is 220 cm³/mol. The number of aromatic nitrogens is 2. The van der Waals surface area contributed by atoms with Crippen LogP contribution in [-0.4, -0.2) is 9.13 Å². The van der Waals surface area contributed by atoms with Crippen molar-refractivity contribution in [3.8, 4) is 33.6 Å². The van der Waals surface area contributed by atoms with Crippen molar-refractivity contribution in [3.63, 3.8) is 0 Å². The molecule has 11 aromatic rings. The highest BCUT2D eigenvalue weighted by atomic mass is 16.3. The van der Waals surface area contributed by atoms with Crippen LogP contribution in [0.3, 0.4) is 0 Å². The normalized spacial score (nSPS) is 11.8. The summed E-state index contributed by atoms with van der Waals surface area (Å²) in [7, 11) is 0. The van der Waals surface area contributed by atoms with Crippen LogP contribution in [0.4, 0.5) is 0 Å². The van der Waals surface area contributed by atoms with Gasteiger partial charge >= 0.3 is 0 Å². The van der Waals surface area contributed by atoms with Crippen molar-refractivity contribution >= 4 is 65.6 Å². The van der Waals surface area contributed by atoms with Crippen LogP contribution in [0.5, 0.6) is 0 Å². The third-order valence-corrected chi connectivity index (χ3v) is 10.7. The first-order chi connectivity index (χ1) is 26.2. The van der Waals surface area contributed by atoms with Gasteiger partial charge in [0.05, 0.1) is 32.8 Å². The molecular weight excluding hydrogens is 649 g/mol. The molecule has 0 unspecified atom stereocenters. The molecule has 0 spiro atoms. The Morgan fingerprint density at radius 1 is 0.321 bits per heavy atom. The molecule has 0 N–H and O–H groups in total. The number of benzene rings is 8. The molecule has 0 atom stereocenters. The minimum Gasteiger partial charge on any atom is -0.456 e. The standard InChI is InChI=1S/C49H30N2O2/c52-49-41-27-34(33-15-11-14-32(26-33)31-12-3-1-4-13-31)22-24-47(41)53-48-25-23-36(28-42(48)49)51-44-21-10-8-19-38(44)40-29-39-37-18-7-9-20-43(37)50(45(39)30-46(40)51)35-16-5-2-6-17-35/h1-30H. The summed E-state index contributed by atoms with van der Waals surface area (Å²) in [6.45, 7) is 0. The Morgan fingerprint density at radius 2 is 0.849 bits per heavy atom. The lowest BCUT2D eigenvalue weighted by atomic mass is 9.98. The summed E-state index contributed by atoms with van der Waals surface area (Å²) in [5, 5.41) is 5.86. The maximum atomic E-state index is 14.4. The molecule has 11 rings (SSSR count). The average Bonchev–Trinajstić information content (AvgIpc) is 3.72. The van der Waals surface area contributed by atoms with Crippen molar-refractivity contribution in [3.05, 3.63) is 192 Å². The lowest BCUT2D eigenvalue weighted by molar-refractivity contribution is 0.660. The average molecular weight is 679 g/mol. The molecule has 0 radical (unpaired) electrons. The van der Waals surface area contributed by atoms with Gasteiger partial charge in [0.1, 0.15) is 11.2 Å². The molecular formula is C49H30N2O2. The molecule has 3 heterocycles. The van der Waals surface area contributed by atoms with E-state index in [-0.39, 0.29) is 5.43 Å². The Labute approximate surface area is 304 Å². The van der Waals surface area contributed by atoms with Gasteiger partial charge in [-0.25, -0.2) is 0 Å². The molecule has 53 heavy (non-hydrogen) atoms. The summed E-state index contributed by atoms with van der Waals surface area (Å²) in [6, 6.07) is 63.0. The Hall–Kier alpha value is -7.17. The molecule has 0 aliphatic heterocycles. The first-order valence-electron chi connectivity index (χ1n) is 17.9. The van der Waals surface area contributed by atoms with Gasteiger partial charge in [-0.15, -0.1) is 0 Å². The number of hydrogen-bond acceptors (Lipinski definition) is 2. The molecule has 248 valence electrons. The Morgan fingerprint density at radius 3 is 1.55 bits per heavy atom. The topological polar surface area (TPSA) is 40.1 Å². The fourth-order valence-corrected chi connectivity index (χ4v) is 8.24. The molecule has 0 fully saturated rings. The number of para-hydroxylation sites is 3. The van der Waals surface area contributed by atoms with E-state index in [1.807, 2.05) is 48.5 Å². The van der Waals surface area contributed by atoms with E-state index >= 15 is 0 Å². The zero-order valence-electron chi connectivity index (χ0n) is 28.5. The van der Waals surface area contributed by atoms with E-state index in [9.17, 15) is 4.79 Å². The third-order valence-electron chi connectivity index (χ3n) is 10.7. The summed E-state index contributed by atoms with van der Waals surface area (Å²) in [5.74, 6) is 0. The summed E-state index contributed by atoms with van der Waals surface area (Å²) >= 11 is 0. The van der Waals surface area contributed by atoms with Gasteiger partial charge in [-0.2, -0.15) is 0 Å². The molecule has 0 bridgehead atoms. The first-order valence-corrected chi connectivity index (χ1v) is 17.9. The zero-order valence-corrected chi connectivity index (χ0v) is 28.5. The largest absolute Gasteiger partial charge is 0.456 e. The maximum absolute atomic E-state index is 14.4. The lowest BCUT2D eigenvalue weighted by Crippen LogP contribution is -2.04. The number of nitrogens with zero attached hydrogens (tertiary/aromatic N) is 2. The van der Waals surface area contributed by atoms with E-state index in [2.05, 4.69) is 143 Å². The van der Waals surface area contributed by atoms with E-state index < -0.39 is 0 Å². The number of hydrogen-bond donors (Lipinski definition) is 0. The van der Waals surface area contributed by atoms with Crippen LogP contribution >= 0.6 is 0 Å². The van der Waals surface area contributed by atoms with Gasteiger partial charge < -0.3 is 13.6 Å². The maximum Gasteiger partial charge on any atom is 0.200 e. The van der Waals surface area contributed by atoms with Gasteiger partial charge in [0.15, 0.2) is 0 Å². The van der Waals surface area contributed by atoms with Crippen LogP contribution in [0, 0.1) is 0 Å². The smallest absolute Gasteiger partial charge is 0.200 e. The lowest BCUT2D eigenvalue weighted by Gasteiger charge is -2.11. The quantitative estimate of drug-likeness (QED) is 0.174. The second-order valence-corrected chi connectivity index (χ2v) is 13.7. The fourth-order valence-electron chi connectivity index (χ4n) is 8.24. The minimum atomic E-state index is -0.0449. The molecule has 0 saturated carbocycles. The Kier molecular flexibility index (Phi) is 6.37. The van der Waals surface area contributed by atoms with Crippen molar-refractivity contribution in [2.45, 2.75) is 0 Å². The fraction of sp³-hybridized carbons (Fsp3) is 0. The van der Waals surface area contributed by atoms with Gasteiger partial charge in [-0.1, -0.05) is 109 Å². The van der Waals surface area contributed by atoms with Gasteiger partial charge in [-0.3, -0.25) is 4.79 Å². The molecule has 0 aliphatic rings. The number of fused-ring (bicyclic) bond motifs is 8. The second-order valence-electron chi connectivity index (χ2n) is 13.7. The van der Waals surface area contributed by atoms with Gasteiger partial charge in [0.2, 0.25) is 5.43 Å². The van der Waals surface area contributed by atoms with Crippen LogP contribution in [-0.2, 0) is 0 Å². The van der Waals surface area contributed by atoms with E-state index in [4.69, 9.17) is 4.42 Å². The van der Waals surface area contributed by atoms with Crippen LogP contribution in [0.25, 0.3) is 99.2 Å². The molecule has 0 amide bonds. The molecule has 4 heteroatoms. The van der Waals surface area contributed by atoms with E-state index in [0.29, 0.717) is 21.9 Å². The van der Waals surface area contributed by atoms with Crippen LogP contribution < -0.4 is 5.43 Å². The molecule has 3 aromatic heterocycles. The van der Waals surface area contributed by atoms with Gasteiger partial charge in [0, 0.05) is 32.9 Å². The predicted octanol–water partition coefficient (Wildman–Crippen LogP) is 12.5. The second kappa shape index (κ2) is 11.4. The molecule has 0 saturated heterocycles. The number of rotatable bonds is 4. The van der Waals surface area contributed by atoms with Crippen LogP contribution in [0.1, 0.15) is 0 Å².